The van der Waals surface area contributed by atoms with Gasteiger partial charge in [-0.05, 0) is 30.7 Å². The molecule has 0 radical (unpaired) electrons. The number of ether oxygens (including phenoxy) is 2. The van der Waals surface area contributed by atoms with Crippen molar-refractivity contribution in [3.63, 3.8) is 0 Å². The highest BCUT2D eigenvalue weighted by molar-refractivity contribution is 7.96. The van der Waals surface area contributed by atoms with Gasteiger partial charge in [0.25, 0.3) is 5.91 Å². The molecule has 0 saturated carbocycles. The predicted molar refractivity (Wildman–Crippen MR) is 90.8 cm³/mol. The maximum atomic E-state index is 12.5. The first-order valence-electron chi connectivity index (χ1n) is 7.58. The van der Waals surface area contributed by atoms with E-state index in [2.05, 4.69) is 5.32 Å². The first-order chi connectivity index (χ1) is 11.7. The minimum atomic E-state index is -3.74. The van der Waals surface area contributed by atoms with E-state index in [1.807, 2.05) is 0 Å². The molecule has 2 rings (SSSR count). The summed E-state index contributed by atoms with van der Waals surface area (Å²) in [6.07, 6.45) is -0.476. The van der Waals surface area contributed by atoms with E-state index in [-0.39, 0.29) is 34.9 Å². The standard InChI is InChI=1S/C15H21NO7S2/c1-22-14(23-2)9-16-15(17)11-3-5-12(6-4-11)25(20,21)13-7-8-24(18,19)10-13/h3-6,13-14H,7-10H2,1-2H3,(H,16,17)/t13-/m1/s1. The Morgan fingerprint density at radius 2 is 1.84 bits per heavy atom. The van der Waals surface area contributed by atoms with E-state index in [1.165, 1.54) is 38.5 Å². The van der Waals surface area contributed by atoms with Gasteiger partial charge in [0, 0.05) is 19.8 Å². The van der Waals surface area contributed by atoms with E-state index in [4.69, 9.17) is 9.47 Å². The van der Waals surface area contributed by atoms with Crippen molar-refractivity contribution in [2.24, 2.45) is 0 Å². The third-order valence-corrected chi connectivity index (χ3v) is 8.22. The number of methoxy groups -OCH3 is 2. The van der Waals surface area contributed by atoms with Crippen molar-refractivity contribution in [2.45, 2.75) is 22.9 Å². The van der Waals surface area contributed by atoms with E-state index in [0.29, 0.717) is 0 Å². The second kappa shape index (κ2) is 7.81. The molecule has 8 nitrogen and oxygen atoms in total. The number of benzene rings is 1. The summed E-state index contributed by atoms with van der Waals surface area (Å²) in [5.74, 6) is -0.864. The fourth-order valence-corrected chi connectivity index (χ4v) is 6.89. The molecule has 1 aromatic carbocycles. The molecular formula is C15H21NO7S2. The number of amides is 1. The molecule has 1 N–H and O–H groups in total. The van der Waals surface area contributed by atoms with Crippen molar-refractivity contribution < 1.29 is 31.1 Å². The van der Waals surface area contributed by atoms with Gasteiger partial charge in [0.2, 0.25) is 0 Å². The van der Waals surface area contributed by atoms with Gasteiger partial charge in [-0.25, -0.2) is 16.8 Å². The predicted octanol–water partition coefficient (Wildman–Crippen LogP) is -0.00390. The summed E-state index contributed by atoms with van der Waals surface area (Å²) in [5.41, 5.74) is 0.281. The second-order valence-corrected chi connectivity index (χ2v) is 10.2. The second-order valence-electron chi connectivity index (χ2n) is 5.71. The first kappa shape index (κ1) is 19.8. The van der Waals surface area contributed by atoms with Gasteiger partial charge in [-0.3, -0.25) is 4.79 Å². The van der Waals surface area contributed by atoms with Gasteiger partial charge in [-0.2, -0.15) is 0 Å². The van der Waals surface area contributed by atoms with Gasteiger partial charge in [0.1, 0.15) is 0 Å². The van der Waals surface area contributed by atoms with Gasteiger partial charge >= 0.3 is 0 Å². The lowest BCUT2D eigenvalue weighted by Crippen LogP contribution is -2.34. The van der Waals surface area contributed by atoms with E-state index in [0.717, 1.165) is 0 Å². The molecule has 0 bridgehead atoms. The largest absolute Gasteiger partial charge is 0.354 e. The Bertz CT molecular complexity index is 812. The molecule has 0 unspecified atom stereocenters. The van der Waals surface area contributed by atoms with Crippen molar-refractivity contribution in [3.05, 3.63) is 29.8 Å². The number of carbonyl (C=O) groups is 1. The number of hydrogen-bond donors (Lipinski definition) is 1. The summed E-state index contributed by atoms with van der Waals surface area (Å²) in [5, 5.41) is 1.68. The molecule has 140 valence electrons. The van der Waals surface area contributed by atoms with E-state index in [9.17, 15) is 21.6 Å². The summed E-state index contributed by atoms with van der Waals surface area (Å²) in [6, 6.07) is 5.42. The van der Waals surface area contributed by atoms with Crippen molar-refractivity contribution in [3.8, 4) is 0 Å². The van der Waals surface area contributed by atoms with Crippen LogP contribution in [-0.2, 0) is 29.1 Å². The highest BCUT2D eigenvalue weighted by Crippen LogP contribution is 2.25. The monoisotopic (exact) mass is 391 g/mol. The van der Waals surface area contributed by atoms with Crippen LogP contribution in [-0.4, -0.2) is 66.6 Å². The van der Waals surface area contributed by atoms with Gasteiger partial charge < -0.3 is 14.8 Å². The maximum Gasteiger partial charge on any atom is 0.251 e. The van der Waals surface area contributed by atoms with Crippen LogP contribution in [0.25, 0.3) is 0 Å². The number of hydrogen-bond acceptors (Lipinski definition) is 7. The summed E-state index contributed by atoms with van der Waals surface area (Å²) in [7, 11) is -4.14. The zero-order valence-corrected chi connectivity index (χ0v) is 15.6. The summed E-state index contributed by atoms with van der Waals surface area (Å²) in [4.78, 5) is 12.0. The lowest BCUT2D eigenvalue weighted by atomic mass is 10.2. The Hall–Kier alpha value is -1.49. The van der Waals surface area contributed by atoms with Crippen molar-refractivity contribution in [2.75, 3.05) is 32.3 Å². The van der Waals surface area contributed by atoms with Crippen LogP contribution >= 0.6 is 0 Å². The molecule has 1 aliphatic rings. The van der Waals surface area contributed by atoms with Gasteiger partial charge in [-0.15, -0.1) is 0 Å². The summed E-state index contributed by atoms with van der Waals surface area (Å²) >= 11 is 0. The molecule has 1 aliphatic heterocycles. The Labute approximate surface area is 147 Å². The molecule has 1 atom stereocenters. The average molecular weight is 391 g/mol. The number of nitrogens with one attached hydrogen (secondary N) is 1. The van der Waals surface area contributed by atoms with Gasteiger partial charge in [-0.1, -0.05) is 0 Å². The third kappa shape index (κ3) is 4.78. The molecule has 25 heavy (non-hydrogen) atoms. The molecule has 1 heterocycles. The highest BCUT2D eigenvalue weighted by Gasteiger charge is 2.37. The van der Waals surface area contributed by atoms with Crippen LogP contribution in [0.15, 0.2) is 29.2 Å². The first-order valence-corrected chi connectivity index (χ1v) is 10.9. The van der Waals surface area contributed by atoms with E-state index in [1.54, 1.807) is 0 Å². The lowest BCUT2D eigenvalue weighted by molar-refractivity contribution is -0.0974. The molecule has 0 spiro atoms. The minimum absolute atomic E-state index is 0.0119. The molecule has 1 fully saturated rings. The van der Waals surface area contributed by atoms with Crippen LogP contribution in [0.5, 0.6) is 0 Å². The van der Waals surface area contributed by atoms with E-state index < -0.39 is 37.1 Å². The fraction of sp³-hybridized carbons (Fsp3) is 0.533. The molecule has 0 aromatic heterocycles. The zero-order valence-electron chi connectivity index (χ0n) is 14.0. The Morgan fingerprint density at radius 3 is 2.32 bits per heavy atom. The number of sulfone groups is 2. The molecule has 1 amide bonds. The summed E-state index contributed by atoms with van der Waals surface area (Å²) < 4.78 is 57.9. The number of rotatable bonds is 7. The van der Waals surface area contributed by atoms with Crippen LogP contribution in [0.4, 0.5) is 0 Å². The quantitative estimate of drug-likeness (QED) is 0.650. The van der Waals surface area contributed by atoms with Crippen LogP contribution < -0.4 is 5.32 Å². The topological polar surface area (TPSA) is 116 Å². The lowest BCUT2D eigenvalue weighted by Gasteiger charge is -2.14. The Balaban J connectivity index is 2.08. The smallest absolute Gasteiger partial charge is 0.251 e. The third-order valence-electron chi connectivity index (χ3n) is 4.03. The zero-order chi connectivity index (χ0) is 18.7. The molecule has 1 saturated heterocycles. The van der Waals surface area contributed by atoms with Crippen molar-refractivity contribution in [1.82, 2.24) is 5.32 Å². The van der Waals surface area contributed by atoms with Crippen LogP contribution in [0.2, 0.25) is 0 Å². The number of carbonyl (C=O) groups excluding carboxylic acids is 1. The maximum absolute atomic E-state index is 12.5. The van der Waals surface area contributed by atoms with Crippen LogP contribution in [0.3, 0.4) is 0 Å². The Kier molecular flexibility index (Phi) is 6.20. The molecular weight excluding hydrogens is 370 g/mol. The molecule has 1 aromatic rings. The normalized spacial score (nSPS) is 19.9. The molecule has 10 heteroatoms. The van der Waals surface area contributed by atoms with Gasteiger partial charge in [0.15, 0.2) is 26.0 Å². The summed E-state index contributed by atoms with van der Waals surface area (Å²) in [6.45, 7) is 0.145. The Morgan fingerprint density at radius 1 is 1.24 bits per heavy atom. The van der Waals surface area contributed by atoms with Crippen LogP contribution in [0.1, 0.15) is 16.8 Å². The highest BCUT2D eigenvalue weighted by atomic mass is 32.2. The van der Waals surface area contributed by atoms with Crippen LogP contribution in [0, 0.1) is 0 Å². The van der Waals surface area contributed by atoms with E-state index >= 15 is 0 Å². The van der Waals surface area contributed by atoms with Crippen molar-refractivity contribution >= 4 is 25.6 Å². The fourth-order valence-electron chi connectivity index (χ4n) is 2.54. The average Bonchev–Trinajstić information content (AvgIpc) is 2.96. The minimum Gasteiger partial charge on any atom is -0.354 e. The SMILES string of the molecule is COC(CNC(=O)c1ccc(S(=O)(=O)[C@@H]2CCS(=O)(=O)C2)cc1)OC. The van der Waals surface area contributed by atoms with Gasteiger partial charge in [0.05, 0.1) is 28.2 Å². The van der Waals surface area contributed by atoms with Crippen molar-refractivity contribution in [1.29, 1.82) is 0 Å². The molecule has 0 aliphatic carbocycles.